The molecule has 8 heteroatoms. The number of benzene rings is 1. The Morgan fingerprint density at radius 3 is 2.62 bits per heavy atom. The Kier molecular flexibility index (Phi) is 5.22. The van der Waals surface area contributed by atoms with E-state index in [2.05, 4.69) is 24.9 Å². The van der Waals surface area contributed by atoms with Crippen LogP contribution in [0, 0.1) is 0 Å². The Balaban J connectivity index is 1.28. The molecule has 0 amide bonds. The van der Waals surface area contributed by atoms with E-state index in [-0.39, 0.29) is 11.1 Å². The first-order chi connectivity index (χ1) is 15.5. The van der Waals surface area contributed by atoms with E-state index >= 15 is 0 Å². The SMILES string of the molecule is CCc1cc2ncc(CN3CCN(c4ccc5c(=O)n(C)ncc5c4)CC3)cc2[nH]c1=O. The molecule has 1 aliphatic rings. The van der Waals surface area contributed by atoms with Crippen molar-refractivity contribution in [1.29, 1.82) is 0 Å². The van der Waals surface area contributed by atoms with Gasteiger partial charge in [0, 0.05) is 62.6 Å². The highest BCUT2D eigenvalue weighted by Crippen LogP contribution is 2.22. The van der Waals surface area contributed by atoms with Crippen LogP contribution in [0.5, 0.6) is 0 Å². The van der Waals surface area contributed by atoms with Crippen LogP contribution in [0.2, 0.25) is 0 Å². The van der Waals surface area contributed by atoms with Gasteiger partial charge in [-0.05, 0) is 42.3 Å². The summed E-state index contributed by atoms with van der Waals surface area (Å²) in [4.78, 5) is 36.6. The van der Waals surface area contributed by atoms with Crippen LogP contribution in [-0.4, -0.2) is 50.8 Å². The third-order valence-corrected chi connectivity index (χ3v) is 6.28. The summed E-state index contributed by atoms with van der Waals surface area (Å²) in [5, 5.41) is 5.70. The number of fused-ring (bicyclic) bond motifs is 2. The van der Waals surface area contributed by atoms with Crippen molar-refractivity contribution in [3.05, 3.63) is 74.6 Å². The van der Waals surface area contributed by atoms with Gasteiger partial charge < -0.3 is 9.88 Å². The van der Waals surface area contributed by atoms with E-state index in [4.69, 9.17) is 0 Å². The molecule has 32 heavy (non-hydrogen) atoms. The number of piperazine rings is 1. The monoisotopic (exact) mass is 430 g/mol. The molecule has 1 fully saturated rings. The first-order valence-electron chi connectivity index (χ1n) is 11.0. The lowest BCUT2D eigenvalue weighted by Crippen LogP contribution is -2.46. The van der Waals surface area contributed by atoms with Crippen molar-refractivity contribution in [1.82, 2.24) is 24.6 Å². The van der Waals surface area contributed by atoms with Gasteiger partial charge in [-0.3, -0.25) is 19.5 Å². The van der Waals surface area contributed by atoms with E-state index in [1.165, 1.54) is 4.68 Å². The summed E-state index contributed by atoms with van der Waals surface area (Å²) in [7, 11) is 1.67. The molecular weight excluding hydrogens is 404 g/mol. The molecule has 0 radical (unpaired) electrons. The molecule has 164 valence electrons. The van der Waals surface area contributed by atoms with Crippen LogP contribution < -0.4 is 16.0 Å². The Hall–Kier alpha value is -3.52. The summed E-state index contributed by atoms with van der Waals surface area (Å²) in [6.45, 7) is 6.43. The van der Waals surface area contributed by atoms with E-state index in [0.717, 1.165) is 66.0 Å². The number of nitrogens with zero attached hydrogens (tertiary/aromatic N) is 5. The molecule has 0 bridgehead atoms. The van der Waals surface area contributed by atoms with Gasteiger partial charge in [-0.1, -0.05) is 6.92 Å². The third kappa shape index (κ3) is 3.78. The molecule has 1 saturated heterocycles. The number of hydrogen-bond acceptors (Lipinski definition) is 6. The molecule has 1 aromatic carbocycles. The predicted octanol–water partition coefficient (Wildman–Crippen LogP) is 2.05. The molecule has 0 atom stereocenters. The van der Waals surface area contributed by atoms with Gasteiger partial charge >= 0.3 is 0 Å². The minimum absolute atomic E-state index is 0.0315. The smallest absolute Gasteiger partial charge is 0.274 e. The van der Waals surface area contributed by atoms with Crippen molar-refractivity contribution >= 4 is 27.5 Å². The molecule has 1 N–H and O–H groups in total. The van der Waals surface area contributed by atoms with E-state index in [1.807, 2.05) is 43.5 Å². The molecule has 8 nitrogen and oxygen atoms in total. The largest absolute Gasteiger partial charge is 0.369 e. The topological polar surface area (TPSA) is 87.1 Å². The van der Waals surface area contributed by atoms with Crippen LogP contribution in [0.15, 0.2) is 52.3 Å². The second-order valence-corrected chi connectivity index (χ2v) is 8.36. The highest BCUT2D eigenvalue weighted by molar-refractivity contribution is 5.84. The van der Waals surface area contributed by atoms with Gasteiger partial charge in [-0.25, -0.2) is 4.68 Å². The summed E-state index contributed by atoms with van der Waals surface area (Å²) >= 11 is 0. The van der Waals surface area contributed by atoms with Crippen LogP contribution in [0.25, 0.3) is 21.8 Å². The van der Waals surface area contributed by atoms with Gasteiger partial charge in [0.2, 0.25) is 0 Å². The Bertz CT molecular complexity index is 1420. The van der Waals surface area contributed by atoms with Gasteiger partial charge in [0.15, 0.2) is 0 Å². The molecular formula is C24H26N6O2. The predicted molar refractivity (Wildman–Crippen MR) is 126 cm³/mol. The molecule has 0 saturated carbocycles. The zero-order valence-electron chi connectivity index (χ0n) is 18.3. The van der Waals surface area contributed by atoms with E-state index in [0.29, 0.717) is 11.8 Å². The second-order valence-electron chi connectivity index (χ2n) is 8.36. The van der Waals surface area contributed by atoms with Gasteiger partial charge in [0.1, 0.15) is 0 Å². The maximum Gasteiger partial charge on any atom is 0.274 e. The fourth-order valence-corrected chi connectivity index (χ4v) is 4.36. The third-order valence-electron chi connectivity index (χ3n) is 6.28. The van der Waals surface area contributed by atoms with Crippen molar-refractivity contribution < 1.29 is 0 Å². The minimum atomic E-state index is -0.0740. The van der Waals surface area contributed by atoms with E-state index in [1.54, 1.807) is 13.2 Å². The summed E-state index contributed by atoms with van der Waals surface area (Å²) in [6, 6.07) is 9.88. The van der Waals surface area contributed by atoms with E-state index in [9.17, 15) is 9.59 Å². The number of pyridine rings is 2. The zero-order chi connectivity index (χ0) is 22.2. The van der Waals surface area contributed by atoms with E-state index < -0.39 is 0 Å². The van der Waals surface area contributed by atoms with Crippen LogP contribution in [0.4, 0.5) is 5.69 Å². The molecule has 4 heterocycles. The van der Waals surface area contributed by atoms with Crippen molar-refractivity contribution in [2.75, 3.05) is 31.1 Å². The Labute approximate surface area is 185 Å². The average Bonchev–Trinajstić information content (AvgIpc) is 2.81. The number of H-pyrrole nitrogens is 1. The van der Waals surface area contributed by atoms with Crippen LogP contribution in [-0.2, 0) is 20.0 Å². The van der Waals surface area contributed by atoms with Crippen LogP contribution >= 0.6 is 0 Å². The normalized spacial score (nSPS) is 15.0. The quantitative estimate of drug-likeness (QED) is 0.533. The Morgan fingerprint density at radius 1 is 1.03 bits per heavy atom. The summed E-state index contributed by atoms with van der Waals surface area (Å²) in [5.74, 6) is 0. The standard InChI is InChI=1S/C24H26N6O2/c1-3-17-12-21-22(27-23(17)31)10-16(13-25-21)15-29-6-8-30(9-7-29)19-4-5-20-18(11-19)14-26-28(2)24(20)32/h4-5,10-14H,3,6-9,15H2,1-2H3,(H,27,31). The van der Waals surface area contributed by atoms with Crippen molar-refractivity contribution in [3.8, 4) is 0 Å². The van der Waals surface area contributed by atoms with Crippen molar-refractivity contribution in [2.24, 2.45) is 7.05 Å². The van der Waals surface area contributed by atoms with Crippen LogP contribution in [0.3, 0.4) is 0 Å². The molecule has 0 aliphatic carbocycles. The average molecular weight is 431 g/mol. The molecule has 1 aliphatic heterocycles. The number of anilines is 1. The highest BCUT2D eigenvalue weighted by Gasteiger charge is 2.18. The van der Waals surface area contributed by atoms with Crippen molar-refractivity contribution in [2.45, 2.75) is 19.9 Å². The fraction of sp³-hybridized carbons (Fsp3) is 0.333. The Morgan fingerprint density at radius 2 is 1.84 bits per heavy atom. The summed E-state index contributed by atoms with van der Waals surface area (Å²) < 4.78 is 1.36. The lowest BCUT2D eigenvalue weighted by molar-refractivity contribution is 0.250. The minimum Gasteiger partial charge on any atom is -0.369 e. The summed E-state index contributed by atoms with van der Waals surface area (Å²) in [6.07, 6.45) is 4.35. The number of hydrogen-bond donors (Lipinski definition) is 1. The lowest BCUT2D eigenvalue weighted by Gasteiger charge is -2.36. The molecule has 0 unspecified atom stereocenters. The fourth-order valence-electron chi connectivity index (χ4n) is 4.36. The maximum atomic E-state index is 12.2. The van der Waals surface area contributed by atoms with Gasteiger partial charge in [-0.2, -0.15) is 5.10 Å². The van der Waals surface area contributed by atoms with Gasteiger partial charge in [-0.15, -0.1) is 0 Å². The van der Waals surface area contributed by atoms with Gasteiger partial charge in [0.25, 0.3) is 11.1 Å². The van der Waals surface area contributed by atoms with Gasteiger partial charge in [0.05, 0.1) is 22.6 Å². The lowest BCUT2D eigenvalue weighted by atomic mass is 10.1. The number of aromatic amines is 1. The van der Waals surface area contributed by atoms with Crippen molar-refractivity contribution in [3.63, 3.8) is 0 Å². The number of aromatic nitrogens is 4. The highest BCUT2D eigenvalue weighted by atomic mass is 16.1. The molecule has 0 spiro atoms. The first kappa shape index (κ1) is 20.4. The number of aryl methyl sites for hydroxylation is 2. The zero-order valence-corrected chi connectivity index (χ0v) is 18.3. The molecule has 4 aromatic rings. The number of rotatable bonds is 4. The first-order valence-corrected chi connectivity index (χ1v) is 11.0. The number of nitrogens with one attached hydrogen (secondary N) is 1. The second kappa shape index (κ2) is 8.20. The maximum absolute atomic E-state index is 12.2. The summed E-state index contributed by atoms with van der Waals surface area (Å²) in [5.41, 5.74) is 4.49. The van der Waals surface area contributed by atoms with Crippen LogP contribution in [0.1, 0.15) is 18.1 Å². The molecule has 3 aromatic heterocycles. The molecule has 5 rings (SSSR count).